The molecule has 1 N–H and O–H groups in total. The second-order valence-electron chi connectivity index (χ2n) is 9.17. The summed E-state index contributed by atoms with van der Waals surface area (Å²) in [4.78, 5) is 17.6. The Kier molecular flexibility index (Phi) is 6.48. The Bertz CT molecular complexity index is 1200. The maximum absolute atomic E-state index is 13.1. The van der Waals surface area contributed by atoms with E-state index < -0.39 is 0 Å². The monoisotopic (exact) mass is 458 g/mol. The Morgan fingerprint density at radius 2 is 1.85 bits per heavy atom. The first-order chi connectivity index (χ1) is 16.6. The van der Waals surface area contributed by atoms with Crippen molar-refractivity contribution >= 4 is 11.7 Å². The number of nitriles is 1. The van der Waals surface area contributed by atoms with E-state index >= 15 is 0 Å². The van der Waals surface area contributed by atoms with Crippen LogP contribution in [0.25, 0.3) is 5.69 Å². The van der Waals surface area contributed by atoms with Gasteiger partial charge in [0.15, 0.2) is 5.76 Å². The van der Waals surface area contributed by atoms with Crippen LogP contribution >= 0.6 is 0 Å². The minimum absolute atomic E-state index is 0.0807. The van der Waals surface area contributed by atoms with Gasteiger partial charge in [-0.05, 0) is 50.3 Å². The van der Waals surface area contributed by atoms with Crippen LogP contribution in [0.2, 0.25) is 0 Å². The first-order valence-electron chi connectivity index (χ1n) is 12.0. The molecular weight excluding hydrogens is 428 g/mol. The Hall–Kier alpha value is -3.41. The molecular formula is C26H30N6O2. The fourth-order valence-corrected chi connectivity index (χ4v) is 5.09. The van der Waals surface area contributed by atoms with E-state index in [-0.39, 0.29) is 5.91 Å². The molecule has 5 rings (SSSR count). The molecule has 1 aliphatic carbocycles. The molecule has 1 fully saturated rings. The second-order valence-corrected chi connectivity index (χ2v) is 9.17. The molecule has 2 aliphatic rings. The van der Waals surface area contributed by atoms with Crippen LogP contribution in [-0.2, 0) is 24.2 Å². The highest BCUT2D eigenvalue weighted by Gasteiger charge is 2.27. The number of fused-ring (bicyclic) bond motifs is 1. The first-order valence-corrected chi connectivity index (χ1v) is 12.0. The summed E-state index contributed by atoms with van der Waals surface area (Å²) in [6.45, 7) is 6.32. The number of piperazine rings is 1. The number of para-hydroxylation sites is 1. The van der Waals surface area contributed by atoms with Crippen molar-refractivity contribution in [2.45, 2.75) is 39.2 Å². The van der Waals surface area contributed by atoms with E-state index in [2.05, 4.69) is 30.9 Å². The molecule has 0 atom stereocenters. The molecule has 1 aliphatic heterocycles. The zero-order valence-corrected chi connectivity index (χ0v) is 19.6. The number of carbonyl (C=O) groups is 1. The van der Waals surface area contributed by atoms with E-state index in [9.17, 15) is 10.1 Å². The highest BCUT2D eigenvalue weighted by molar-refractivity contribution is 5.93. The van der Waals surface area contributed by atoms with Crippen LogP contribution in [0.15, 0.2) is 40.9 Å². The fourth-order valence-electron chi connectivity index (χ4n) is 5.09. The van der Waals surface area contributed by atoms with Crippen LogP contribution in [-0.4, -0.2) is 58.2 Å². The molecule has 0 saturated carbocycles. The first kappa shape index (κ1) is 22.4. The van der Waals surface area contributed by atoms with E-state index in [0.717, 1.165) is 86.8 Å². The summed E-state index contributed by atoms with van der Waals surface area (Å²) in [6.07, 6.45) is 3.97. The number of hydrogen-bond acceptors (Lipinski definition) is 6. The molecule has 0 spiro atoms. The number of anilines is 1. The number of aromatic nitrogens is 2. The summed E-state index contributed by atoms with van der Waals surface area (Å²) in [5.41, 5.74) is 4.72. The Morgan fingerprint density at radius 3 is 2.56 bits per heavy atom. The largest absolute Gasteiger partial charge is 0.360 e. The van der Waals surface area contributed by atoms with Gasteiger partial charge in [0.05, 0.1) is 24.3 Å². The summed E-state index contributed by atoms with van der Waals surface area (Å²) in [5, 5.41) is 17.0. The average Bonchev–Trinajstić information content (AvgIpc) is 3.40. The van der Waals surface area contributed by atoms with Gasteiger partial charge in [-0.3, -0.25) is 19.2 Å². The Morgan fingerprint density at radius 1 is 1.12 bits per heavy atom. The minimum Gasteiger partial charge on any atom is -0.360 e. The smallest absolute Gasteiger partial charge is 0.239 e. The lowest BCUT2D eigenvalue weighted by Crippen LogP contribution is -2.48. The van der Waals surface area contributed by atoms with Gasteiger partial charge in [0.25, 0.3) is 0 Å². The molecule has 1 aromatic carbocycles. The van der Waals surface area contributed by atoms with Crippen LogP contribution in [0.3, 0.4) is 0 Å². The number of nitrogens with zero attached hydrogens (tertiary/aromatic N) is 5. The third-order valence-electron chi connectivity index (χ3n) is 6.74. The van der Waals surface area contributed by atoms with Gasteiger partial charge in [0.1, 0.15) is 11.9 Å². The van der Waals surface area contributed by atoms with Crippen LogP contribution < -0.4 is 5.32 Å². The zero-order chi connectivity index (χ0) is 23.5. The molecule has 1 amide bonds. The molecule has 3 aromatic rings. The summed E-state index contributed by atoms with van der Waals surface area (Å²) in [7, 11) is 0. The number of rotatable bonds is 6. The average molecular weight is 459 g/mol. The summed E-state index contributed by atoms with van der Waals surface area (Å²) in [5.74, 6) is 1.41. The molecule has 0 unspecified atom stereocenters. The van der Waals surface area contributed by atoms with Crippen LogP contribution in [0.1, 0.15) is 41.1 Å². The highest BCUT2D eigenvalue weighted by Crippen LogP contribution is 2.35. The lowest BCUT2D eigenvalue weighted by Gasteiger charge is -2.33. The van der Waals surface area contributed by atoms with Gasteiger partial charge in [-0.15, -0.1) is 0 Å². The van der Waals surface area contributed by atoms with E-state index in [1.165, 1.54) is 0 Å². The molecule has 8 heteroatoms. The molecule has 1 saturated heterocycles. The number of nitrogens with one attached hydrogen (secondary N) is 1. The maximum Gasteiger partial charge on any atom is 0.239 e. The third kappa shape index (κ3) is 4.63. The van der Waals surface area contributed by atoms with Gasteiger partial charge in [-0.1, -0.05) is 23.4 Å². The number of hydrogen-bond donors (Lipinski definition) is 1. The minimum atomic E-state index is -0.0807. The molecule has 3 heterocycles. The molecule has 34 heavy (non-hydrogen) atoms. The van der Waals surface area contributed by atoms with Crippen LogP contribution in [0.5, 0.6) is 0 Å². The molecule has 2 aromatic heterocycles. The van der Waals surface area contributed by atoms with Crippen molar-refractivity contribution < 1.29 is 9.32 Å². The van der Waals surface area contributed by atoms with Gasteiger partial charge in [0, 0.05) is 43.6 Å². The third-order valence-corrected chi connectivity index (χ3v) is 6.74. The predicted molar refractivity (Wildman–Crippen MR) is 129 cm³/mol. The van der Waals surface area contributed by atoms with E-state index in [1.54, 1.807) is 0 Å². The summed E-state index contributed by atoms with van der Waals surface area (Å²) < 4.78 is 7.42. The lowest BCUT2D eigenvalue weighted by atomic mass is 9.95. The van der Waals surface area contributed by atoms with Crippen molar-refractivity contribution in [3.63, 3.8) is 0 Å². The van der Waals surface area contributed by atoms with Crippen molar-refractivity contribution in [3.8, 4) is 11.8 Å². The zero-order valence-electron chi connectivity index (χ0n) is 19.6. The van der Waals surface area contributed by atoms with Crippen LogP contribution in [0.4, 0.5) is 5.82 Å². The van der Waals surface area contributed by atoms with Crippen molar-refractivity contribution in [1.82, 2.24) is 19.5 Å². The van der Waals surface area contributed by atoms with Gasteiger partial charge in [-0.25, -0.2) is 0 Å². The van der Waals surface area contributed by atoms with Crippen molar-refractivity contribution in [1.29, 1.82) is 5.26 Å². The number of benzene rings is 1. The summed E-state index contributed by atoms with van der Waals surface area (Å²) >= 11 is 0. The molecule has 8 nitrogen and oxygen atoms in total. The normalized spacial score (nSPS) is 16.7. The van der Waals surface area contributed by atoms with Crippen molar-refractivity contribution in [2.75, 3.05) is 38.0 Å². The SMILES string of the molecule is Cc1cc(CN2CCN(CC(=O)Nc3c(C#N)c4c(n3-c3ccccc3)CCCC4)CC2)on1. The van der Waals surface area contributed by atoms with Gasteiger partial charge >= 0.3 is 0 Å². The Balaban J connectivity index is 1.28. The lowest BCUT2D eigenvalue weighted by molar-refractivity contribution is -0.117. The number of amides is 1. The summed E-state index contributed by atoms with van der Waals surface area (Å²) in [6, 6.07) is 14.4. The molecule has 0 bridgehead atoms. The maximum atomic E-state index is 13.1. The van der Waals surface area contributed by atoms with Crippen LogP contribution in [0, 0.1) is 18.3 Å². The van der Waals surface area contributed by atoms with Gasteiger partial charge in [0.2, 0.25) is 5.91 Å². The van der Waals surface area contributed by atoms with E-state index in [4.69, 9.17) is 4.52 Å². The Labute approximate surface area is 199 Å². The quantitative estimate of drug-likeness (QED) is 0.610. The van der Waals surface area contributed by atoms with Gasteiger partial charge < -0.3 is 9.84 Å². The van der Waals surface area contributed by atoms with E-state index in [1.807, 2.05) is 43.3 Å². The van der Waals surface area contributed by atoms with Crippen molar-refractivity contribution in [2.24, 2.45) is 0 Å². The van der Waals surface area contributed by atoms with E-state index in [0.29, 0.717) is 17.9 Å². The molecule has 0 radical (unpaired) electrons. The van der Waals surface area contributed by atoms with Gasteiger partial charge in [-0.2, -0.15) is 5.26 Å². The highest BCUT2D eigenvalue weighted by atomic mass is 16.5. The predicted octanol–water partition coefficient (Wildman–Crippen LogP) is 3.28. The second kappa shape index (κ2) is 9.84. The molecule has 176 valence electrons. The fraction of sp³-hybridized carbons (Fsp3) is 0.423. The number of carbonyl (C=O) groups excluding carboxylic acids is 1. The topological polar surface area (TPSA) is 90.3 Å². The standard InChI is InChI=1S/C26H30N6O2/c1-19-15-21(34-29-19)17-30-11-13-31(14-12-30)18-25(33)28-26-23(16-27)22-9-5-6-10-24(22)32(26)20-7-3-2-4-8-20/h2-4,7-8,15H,5-6,9-14,17-18H2,1H3,(H,28,33). The van der Waals surface area contributed by atoms with Crippen molar-refractivity contribution in [3.05, 3.63) is 64.7 Å². The number of aryl methyl sites for hydroxylation is 1.